The first-order valence-corrected chi connectivity index (χ1v) is 5.83. The van der Waals surface area contributed by atoms with Crippen molar-refractivity contribution in [2.45, 2.75) is 19.1 Å². The zero-order chi connectivity index (χ0) is 12.4. The molecule has 1 fully saturated rings. The Morgan fingerprint density at radius 1 is 1.47 bits per heavy atom. The third-order valence-electron chi connectivity index (χ3n) is 2.65. The predicted molar refractivity (Wildman–Crippen MR) is 64.1 cm³/mol. The lowest BCUT2D eigenvalue weighted by atomic mass is 10.1. The first-order chi connectivity index (χ1) is 8.06. The highest BCUT2D eigenvalue weighted by Gasteiger charge is 2.32. The zero-order valence-corrected chi connectivity index (χ0v) is 10.2. The molecule has 0 radical (unpaired) electrons. The molecule has 1 atom stereocenters. The summed E-state index contributed by atoms with van der Waals surface area (Å²) in [5.41, 5.74) is 0. The van der Waals surface area contributed by atoms with Gasteiger partial charge in [0.25, 0.3) is 5.91 Å². The van der Waals surface area contributed by atoms with Crippen LogP contribution in [0.15, 0.2) is 24.3 Å². The average molecular weight is 256 g/mol. The van der Waals surface area contributed by atoms with E-state index in [9.17, 15) is 4.79 Å². The van der Waals surface area contributed by atoms with E-state index in [1.165, 1.54) is 0 Å². The normalized spacial score (nSPS) is 17.5. The average Bonchev–Trinajstić information content (AvgIpc) is 2.27. The van der Waals surface area contributed by atoms with E-state index in [-0.39, 0.29) is 12.0 Å². The standard InChI is InChI=1S/C12H14ClNO3/c1-8(12(16)14-6-10(15)7-14)17-11-4-2-9(13)3-5-11/h2-5,8,10,15H,6-7H2,1H3. The molecule has 1 amide bonds. The van der Waals surface area contributed by atoms with Crippen LogP contribution < -0.4 is 4.74 Å². The number of aliphatic hydroxyl groups excluding tert-OH is 1. The number of β-amino-alcohol motifs (C(OH)–C–C–N with tert-alkyl or cyclic N) is 1. The first kappa shape index (κ1) is 12.2. The Hall–Kier alpha value is -1.26. The lowest BCUT2D eigenvalue weighted by molar-refractivity contribution is -0.148. The van der Waals surface area contributed by atoms with Gasteiger partial charge in [0.2, 0.25) is 0 Å². The minimum absolute atomic E-state index is 0.106. The lowest BCUT2D eigenvalue weighted by Gasteiger charge is -2.37. The van der Waals surface area contributed by atoms with Crippen LogP contribution in [0.5, 0.6) is 5.75 Å². The number of carbonyl (C=O) groups is 1. The number of likely N-dealkylation sites (tertiary alicyclic amines) is 1. The van der Waals surface area contributed by atoms with Crippen LogP contribution in [-0.4, -0.2) is 41.2 Å². The maximum atomic E-state index is 11.8. The molecule has 1 aliphatic heterocycles. The van der Waals surface area contributed by atoms with Crippen LogP contribution in [0.2, 0.25) is 5.02 Å². The quantitative estimate of drug-likeness (QED) is 0.886. The second kappa shape index (κ2) is 4.94. The molecule has 1 aromatic carbocycles. The molecule has 92 valence electrons. The monoisotopic (exact) mass is 255 g/mol. The fourth-order valence-corrected chi connectivity index (χ4v) is 1.79. The van der Waals surface area contributed by atoms with Gasteiger partial charge in [-0.2, -0.15) is 0 Å². The van der Waals surface area contributed by atoms with Gasteiger partial charge in [-0.1, -0.05) is 11.6 Å². The SMILES string of the molecule is CC(Oc1ccc(Cl)cc1)C(=O)N1CC(O)C1. The van der Waals surface area contributed by atoms with Crippen molar-refractivity contribution in [2.24, 2.45) is 0 Å². The van der Waals surface area contributed by atoms with Crippen molar-refractivity contribution in [3.8, 4) is 5.75 Å². The molecule has 4 nitrogen and oxygen atoms in total. The molecule has 5 heteroatoms. The van der Waals surface area contributed by atoms with Crippen molar-refractivity contribution in [2.75, 3.05) is 13.1 Å². The van der Waals surface area contributed by atoms with Gasteiger partial charge in [0, 0.05) is 18.1 Å². The number of carbonyl (C=O) groups excluding carboxylic acids is 1. The van der Waals surface area contributed by atoms with Crippen molar-refractivity contribution in [1.29, 1.82) is 0 Å². The van der Waals surface area contributed by atoms with Gasteiger partial charge in [0.15, 0.2) is 6.10 Å². The highest BCUT2D eigenvalue weighted by atomic mass is 35.5. The number of ether oxygens (including phenoxy) is 1. The summed E-state index contributed by atoms with van der Waals surface area (Å²) < 4.78 is 5.49. The summed E-state index contributed by atoms with van der Waals surface area (Å²) in [6.07, 6.45) is -0.939. The van der Waals surface area contributed by atoms with E-state index in [1.807, 2.05) is 0 Å². The van der Waals surface area contributed by atoms with Crippen molar-refractivity contribution in [3.05, 3.63) is 29.3 Å². The first-order valence-electron chi connectivity index (χ1n) is 5.45. The van der Waals surface area contributed by atoms with Gasteiger partial charge < -0.3 is 14.7 Å². The second-order valence-corrected chi connectivity index (χ2v) is 4.55. The molecule has 0 aliphatic carbocycles. The van der Waals surface area contributed by atoms with E-state index < -0.39 is 6.10 Å². The van der Waals surface area contributed by atoms with Gasteiger partial charge in [-0.25, -0.2) is 0 Å². The molecule has 17 heavy (non-hydrogen) atoms. The summed E-state index contributed by atoms with van der Waals surface area (Å²) in [7, 11) is 0. The van der Waals surface area contributed by atoms with Gasteiger partial charge in [-0.05, 0) is 31.2 Å². The number of amides is 1. The zero-order valence-electron chi connectivity index (χ0n) is 9.47. The number of halogens is 1. The summed E-state index contributed by atoms with van der Waals surface area (Å²) in [5, 5.41) is 9.75. The van der Waals surface area contributed by atoms with Crippen molar-refractivity contribution in [1.82, 2.24) is 4.90 Å². The fourth-order valence-electron chi connectivity index (χ4n) is 1.66. The van der Waals surface area contributed by atoms with Crippen LogP contribution in [0.3, 0.4) is 0 Å². The Morgan fingerprint density at radius 3 is 2.59 bits per heavy atom. The van der Waals surface area contributed by atoms with E-state index in [0.29, 0.717) is 23.9 Å². The molecule has 1 saturated heterocycles. The molecule has 1 aliphatic rings. The minimum Gasteiger partial charge on any atom is -0.481 e. The van der Waals surface area contributed by atoms with Gasteiger partial charge in [0.05, 0.1) is 6.10 Å². The Bertz CT molecular complexity index is 401. The van der Waals surface area contributed by atoms with Gasteiger partial charge in [-0.15, -0.1) is 0 Å². The Labute approximate surface area is 105 Å². The second-order valence-electron chi connectivity index (χ2n) is 4.11. The number of aliphatic hydroxyl groups is 1. The number of benzene rings is 1. The molecule has 1 unspecified atom stereocenters. The molecule has 0 aromatic heterocycles. The van der Waals surface area contributed by atoms with Gasteiger partial charge >= 0.3 is 0 Å². The Morgan fingerprint density at radius 2 is 2.06 bits per heavy atom. The van der Waals surface area contributed by atoms with Gasteiger partial charge in [0.1, 0.15) is 5.75 Å². The van der Waals surface area contributed by atoms with E-state index in [2.05, 4.69) is 0 Å². The molecule has 0 spiro atoms. The molecule has 1 aromatic rings. The minimum atomic E-state index is -0.552. The van der Waals surface area contributed by atoms with E-state index in [0.717, 1.165) is 0 Å². The Kier molecular flexibility index (Phi) is 3.54. The summed E-state index contributed by atoms with van der Waals surface area (Å²) in [6, 6.07) is 6.86. The highest BCUT2D eigenvalue weighted by molar-refractivity contribution is 6.30. The lowest BCUT2D eigenvalue weighted by Crippen LogP contribution is -2.56. The molecular formula is C12H14ClNO3. The maximum absolute atomic E-state index is 11.8. The smallest absolute Gasteiger partial charge is 0.263 e. The maximum Gasteiger partial charge on any atom is 0.263 e. The summed E-state index contributed by atoms with van der Waals surface area (Å²) in [5.74, 6) is 0.501. The summed E-state index contributed by atoms with van der Waals surface area (Å²) in [6.45, 7) is 2.49. The topological polar surface area (TPSA) is 49.8 Å². The predicted octanol–water partition coefficient (Wildman–Crippen LogP) is 1.31. The summed E-state index contributed by atoms with van der Waals surface area (Å²) in [4.78, 5) is 13.4. The van der Waals surface area contributed by atoms with Crippen molar-refractivity contribution < 1.29 is 14.6 Å². The number of nitrogens with zero attached hydrogens (tertiary/aromatic N) is 1. The van der Waals surface area contributed by atoms with Crippen LogP contribution in [0.1, 0.15) is 6.92 Å². The van der Waals surface area contributed by atoms with Crippen LogP contribution in [0.25, 0.3) is 0 Å². The van der Waals surface area contributed by atoms with E-state index in [1.54, 1.807) is 36.1 Å². The van der Waals surface area contributed by atoms with Crippen LogP contribution in [0.4, 0.5) is 0 Å². The van der Waals surface area contributed by atoms with Crippen molar-refractivity contribution >= 4 is 17.5 Å². The number of rotatable bonds is 3. The molecule has 1 heterocycles. The van der Waals surface area contributed by atoms with Crippen molar-refractivity contribution in [3.63, 3.8) is 0 Å². The molecule has 2 rings (SSSR count). The Balaban J connectivity index is 1.90. The van der Waals surface area contributed by atoms with E-state index >= 15 is 0 Å². The van der Waals surface area contributed by atoms with E-state index in [4.69, 9.17) is 21.4 Å². The molecular weight excluding hydrogens is 242 g/mol. The number of hydrogen-bond acceptors (Lipinski definition) is 3. The molecule has 0 saturated carbocycles. The third kappa shape index (κ3) is 2.90. The molecule has 1 N–H and O–H groups in total. The summed E-state index contributed by atoms with van der Waals surface area (Å²) >= 11 is 5.75. The van der Waals surface area contributed by atoms with Crippen LogP contribution in [-0.2, 0) is 4.79 Å². The third-order valence-corrected chi connectivity index (χ3v) is 2.90. The fraction of sp³-hybridized carbons (Fsp3) is 0.417. The molecule has 0 bridgehead atoms. The highest BCUT2D eigenvalue weighted by Crippen LogP contribution is 2.18. The number of hydrogen-bond donors (Lipinski definition) is 1. The van der Waals surface area contributed by atoms with Gasteiger partial charge in [-0.3, -0.25) is 4.79 Å². The van der Waals surface area contributed by atoms with Crippen LogP contribution in [0, 0.1) is 0 Å². The van der Waals surface area contributed by atoms with Crippen LogP contribution >= 0.6 is 11.6 Å². The largest absolute Gasteiger partial charge is 0.481 e.